The third-order valence-corrected chi connectivity index (χ3v) is 2.86. The van der Waals surface area contributed by atoms with E-state index >= 15 is 0 Å². The Hall–Kier alpha value is -2.11. The highest BCUT2D eigenvalue weighted by atomic mass is 16.2. The minimum Gasteiger partial charge on any atom is -0.336 e. The maximum absolute atomic E-state index is 12.1. The van der Waals surface area contributed by atoms with Gasteiger partial charge in [0.1, 0.15) is 0 Å². The van der Waals surface area contributed by atoms with Crippen molar-refractivity contribution >= 4 is 5.91 Å². The molecule has 0 atom stereocenters. The van der Waals surface area contributed by atoms with Crippen molar-refractivity contribution in [1.82, 2.24) is 24.5 Å². The van der Waals surface area contributed by atoms with Gasteiger partial charge in [-0.05, 0) is 13.0 Å². The maximum atomic E-state index is 12.1. The number of hydrogen-bond donors (Lipinski definition) is 0. The number of aryl methyl sites for hydroxylation is 3. The van der Waals surface area contributed by atoms with Gasteiger partial charge in [-0.25, -0.2) is 0 Å². The second kappa shape index (κ2) is 4.64. The molecule has 0 fully saturated rings. The first kappa shape index (κ1) is 12.3. The van der Waals surface area contributed by atoms with Gasteiger partial charge in [0, 0.05) is 45.1 Å². The van der Waals surface area contributed by atoms with E-state index in [1.165, 1.54) is 0 Å². The summed E-state index contributed by atoms with van der Waals surface area (Å²) in [6, 6.07) is 1.79. The quantitative estimate of drug-likeness (QED) is 0.803. The Balaban J connectivity index is 2.09. The number of amides is 1. The van der Waals surface area contributed by atoms with E-state index < -0.39 is 0 Å². The lowest BCUT2D eigenvalue weighted by molar-refractivity contribution is 0.0778. The molecule has 18 heavy (non-hydrogen) atoms. The van der Waals surface area contributed by atoms with Crippen LogP contribution < -0.4 is 0 Å². The van der Waals surface area contributed by atoms with Crippen molar-refractivity contribution in [3.63, 3.8) is 0 Å². The molecule has 1 amide bonds. The molecule has 0 radical (unpaired) electrons. The Kier molecular flexibility index (Phi) is 3.18. The predicted octanol–water partition coefficient (Wildman–Crippen LogP) is 0.734. The summed E-state index contributed by atoms with van der Waals surface area (Å²) in [6.07, 6.45) is 3.65. The second-order valence-electron chi connectivity index (χ2n) is 4.48. The molecule has 0 saturated heterocycles. The summed E-state index contributed by atoms with van der Waals surface area (Å²) < 4.78 is 3.42. The molecule has 2 heterocycles. The summed E-state index contributed by atoms with van der Waals surface area (Å²) in [5.41, 5.74) is 2.44. The molecule has 0 spiro atoms. The summed E-state index contributed by atoms with van der Waals surface area (Å²) in [5.74, 6) is -0.0810. The van der Waals surface area contributed by atoms with Crippen LogP contribution in [0.1, 0.15) is 21.7 Å². The fourth-order valence-corrected chi connectivity index (χ4v) is 1.76. The van der Waals surface area contributed by atoms with Crippen molar-refractivity contribution in [3.8, 4) is 0 Å². The number of aromatic nitrogens is 4. The van der Waals surface area contributed by atoms with Crippen LogP contribution in [0.5, 0.6) is 0 Å². The zero-order chi connectivity index (χ0) is 13.3. The smallest absolute Gasteiger partial charge is 0.274 e. The lowest BCUT2D eigenvalue weighted by atomic mass is 10.3. The minimum absolute atomic E-state index is 0.0810. The third kappa shape index (κ3) is 2.42. The molecule has 0 aliphatic rings. The predicted molar refractivity (Wildman–Crippen MR) is 67.0 cm³/mol. The van der Waals surface area contributed by atoms with Gasteiger partial charge in [0.25, 0.3) is 5.91 Å². The number of carbonyl (C=O) groups excluding carboxylic acids is 1. The molecule has 0 N–H and O–H groups in total. The second-order valence-corrected chi connectivity index (χ2v) is 4.48. The van der Waals surface area contributed by atoms with E-state index in [2.05, 4.69) is 10.2 Å². The van der Waals surface area contributed by atoms with E-state index in [-0.39, 0.29) is 5.91 Å². The maximum Gasteiger partial charge on any atom is 0.274 e. The molecule has 0 aliphatic heterocycles. The van der Waals surface area contributed by atoms with Gasteiger partial charge in [0.2, 0.25) is 0 Å². The van der Waals surface area contributed by atoms with Crippen molar-refractivity contribution in [2.75, 3.05) is 7.05 Å². The van der Waals surface area contributed by atoms with Gasteiger partial charge in [0.05, 0.1) is 6.20 Å². The molecule has 6 heteroatoms. The zero-order valence-corrected chi connectivity index (χ0v) is 11.1. The van der Waals surface area contributed by atoms with Crippen molar-refractivity contribution in [2.24, 2.45) is 14.1 Å². The van der Waals surface area contributed by atoms with Crippen molar-refractivity contribution in [2.45, 2.75) is 13.5 Å². The summed E-state index contributed by atoms with van der Waals surface area (Å²) in [5, 5.41) is 8.26. The van der Waals surface area contributed by atoms with E-state index in [1.54, 1.807) is 33.6 Å². The highest BCUT2D eigenvalue weighted by molar-refractivity contribution is 5.92. The van der Waals surface area contributed by atoms with E-state index in [0.29, 0.717) is 12.2 Å². The first-order valence-corrected chi connectivity index (χ1v) is 5.71. The Labute approximate surface area is 106 Å². The summed E-state index contributed by atoms with van der Waals surface area (Å²) >= 11 is 0. The summed E-state index contributed by atoms with van der Waals surface area (Å²) in [4.78, 5) is 13.8. The SMILES string of the molecule is Cc1cc(C(=O)N(C)Cc2cnn(C)c2)nn1C. The van der Waals surface area contributed by atoms with Crippen LogP contribution in [0.4, 0.5) is 0 Å². The standard InChI is InChI=1S/C12H17N5O/c1-9-5-11(14-17(9)4)12(18)15(2)7-10-6-13-16(3)8-10/h5-6,8H,7H2,1-4H3. The molecular formula is C12H17N5O. The van der Waals surface area contributed by atoms with Crippen LogP contribution in [0.3, 0.4) is 0 Å². The van der Waals surface area contributed by atoms with Crippen molar-refractivity contribution in [3.05, 3.63) is 35.4 Å². The molecule has 6 nitrogen and oxygen atoms in total. The molecule has 0 unspecified atom stereocenters. The van der Waals surface area contributed by atoms with Crippen LogP contribution in [-0.2, 0) is 20.6 Å². The van der Waals surface area contributed by atoms with Crippen molar-refractivity contribution < 1.29 is 4.79 Å². The normalized spacial score (nSPS) is 10.7. The largest absolute Gasteiger partial charge is 0.336 e. The molecule has 0 aliphatic carbocycles. The van der Waals surface area contributed by atoms with Gasteiger partial charge in [-0.1, -0.05) is 0 Å². The van der Waals surface area contributed by atoms with E-state index in [4.69, 9.17) is 0 Å². The molecular weight excluding hydrogens is 230 g/mol. The monoisotopic (exact) mass is 247 g/mol. The van der Waals surface area contributed by atoms with E-state index in [1.807, 2.05) is 27.2 Å². The third-order valence-electron chi connectivity index (χ3n) is 2.86. The zero-order valence-electron chi connectivity index (χ0n) is 11.1. The molecule has 0 bridgehead atoms. The molecule has 0 saturated carbocycles. The fraction of sp³-hybridized carbons (Fsp3) is 0.417. The minimum atomic E-state index is -0.0810. The highest BCUT2D eigenvalue weighted by Crippen LogP contribution is 2.08. The Morgan fingerprint density at radius 1 is 1.44 bits per heavy atom. The van der Waals surface area contributed by atoms with Crippen LogP contribution in [0.2, 0.25) is 0 Å². The van der Waals surface area contributed by atoms with Crippen molar-refractivity contribution in [1.29, 1.82) is 0 Å². The van der Waals surface area contributed by atoms with Gasteiger partial charge in [-0.3, -0.25) is 14.2 Å². The van der Waals surface area contributed by atoms with Crippen LogP contribution in [0, 0.1) is 6.92 Å². The van der Waals surface area contributed by atoms with Crippen LogP contribution in [-0.4, -0.2) is 37.4 Å². The number of rotatable bonds is 3. The van der Waals surface area contributed by atoms with Gasteiger partial charge in [-0.15, -0.1) is 0 Å². The van der Waals surface area contributed by atoms with Gasteiger partial charge < -0.3 is 4.90 Å². The first-order valence-electron chi connectivity index (χ1n) is 5.71. The van der Waals surface area contributed by atoms with Crippen LogP contribution in [0.15, 0.2) is 18.5 Å². The average Bonchev–Trinajstić information content (AvgIpc) is 2.85. The Morgan fingerprint density at radius 3 is 2.67 bits per heavy atom. The highest BCUT2D eigenvalue weighted by Gasteiger charge is 2.16. The topological polar surface area (TPSA) is 56.0 Å². The molecule has 2 aromatic rings. The molecule has 96 valence electrons. The van der Waals surface area contributed by atoms with Crippen LogP contribution >= 0.6 is 0 Å². The molecule has 2 aromatic heterocycles. The van der Waals surface area contributed by atoms with Gasteiger partial charge in [-0.2, -0.15) is 10.2 Å². The lowest BCUT2D eigenvalue weighted by Crippen LogP contribution is -2.26. The van der Waals surface area contributed by atoms with Gasteiger partial charge >= 0.3 is 0 Å². The average molecular weight is 247 g/mol. The number of hydrogen-bond acceptors (Lipinski definition) is 3. The van der Waals surface area contributed by atoms with E-state index in [9.17, 15) is 4.79 Å². The Bertz CT molecular complexity index is 549. The van der Waals surface area contributed by atoms with Crippen LogP contribution in [0.25, 0.3) is 0 Å². The van der Waals surface area contributed by atoms with E-state index in [0.717, 1.165) is 11.3 Å². The number of carbonyl (C=O) groups is 1. The lowest BCUT2D eigenvalue weighted by Gasteiger charge is -2.14. The summed E-state index contributed by atoms with van der Waals surface area (Å²) in [6.45, 7) is 2.45. The molecule has 0 aromatic carbocycles. The number of nitrogens with zero attached hydrogens (tertiary/aromatic N) is 5. The summed E-state index contributed by atoms with van der Waals surface area (Å²) in [7, 11) is 5.44. The van der Waals surface area contributed by atoms with Gasteiger partial charge in [0.15, 0.2) is 5.69 Å². The molecule has 2 rings (SSSR count). The Morgan fingerprint density at radius 2 is 2.17 bits per heavy atom. The fourth-order valence-electron chi connectivity index (χ4n) is 1.76. The first-order chi connectivity index (χ1) is 8.47.